The van der Waals surface area contributed by atoms with E-state index in [2.05, 4.69) is 38.1 Å². The van der Waals surface area contributed by atoms with Crippen molar-refractivity contribution < 1.29 is 14.6 Å². The van der Waals surface area contributed by atoms with Crippen LogP contribution in [-0.2, 0) is 4.74 Å². The van der Waals surface area contributed by atoms with Crippen molar-refractivity contribution in [2.24, 2.45) is 0 Å². The van der Waals surface area contributed by atoms with Crippen LogP contribution in [0.2, 0.25) is 0 Å². The minimum atomic E-state index is -1.04. The number of benzene rings is 1. The molecule has 8 nitrogen and oxygen atoms in total. The Morgan fingerprint density at radius 1 is 1.00 bits per heavy atom. The Bertz CT molecular complexity index is 1190. The molecule has 1 saturated carbocycles. The predicted octanol–water partition coefficient (Wildman–Crippen LogP) is 3.69. The van der Waals surface area contributed by atoms with Gasteiger partial charge in [-0.1, -0.05) is 6.42 Å². The van der Waals surface area contributed by atoms with Gasteiger partial charge in [-0.2, -0.15) is 0 Å². The number of hydrogen-bond donors (Lipinski definition) is 1. The number of nitrogens with zero attached hydrogens (tertiary/aromatic N) is 5. The van der Waals surface area contributed by atoms with Crippen molar-refractivity contribution in [1.82, 2.24) is 19.7 Å². The van der Waals surface area contributed by atoms with Gasteiger partial charge in [-0.15, -0.1) is 5.10 Å². The Labute approximate surface area is 199 Å². The molecule has 1 aromatic carbocycles. The minimum Gasteiger partial charge on any atom is -0.477 e. The van der Waals surface area contributed by atoms with E-state index in [0.29, 0.717) is 17.6 Å². The second kappa shape index (κ2) is 9.00. The molecule has 0 unspecified atom stereocenters. The van der Waals surface area contributed by atoms with Gasteiger partial charge in [0, 0.05) is 49.5 Å². The summed E-state index contributed by atoms with van der Waals surface area (Å²) in [4.78, 5) is 20.7. The number of aromatic nitrogens is 3. The maximum atomic E-state index is 11.3. The second-order valence-electron chi connectivity index (χ2n) is 9.73. The zero-order valence-electron chi connectivity index (χ0n) is 19.4. The molecule has 1 N–H and O–H groups in total. The first-order valence-electron chi connectivity index (χ1n) is 12.5. The summed E-state index contributed by atoms with van der Waals surface area (Å²) in [7, 11) is 0. The van der Waals surface area contributed by atoms with Gasteiger partial charge in [0.15, 0.2) is 11.3 Å². The fourth-order valence-corrected chi connectivity index (χ4v) is 5.59. The number of aromatic carboxylic acids is 1. The molecular formula is C26H31N5O3. The summed E-state index contributed by atoms with van der Waals surface area (Å²) in [5.74, 6) is -0.431. The molecule has 6 rings (SSSR count). The first-order chi connectivity index (χ1) is 16.7. The van der Waals surface area contributed by atoms with Gasteiger partial charge in [0.25, 0.3) is 0 Å². The van der Waals surface area contributed by atoms with Crippen LogP contribution < -0.4 is 4.90 Å². The molecule has 34 heavy (non-hydrogen) atoms. The summed E-state index contributed by atoms with van der Waals surface area (Å²) < 4.78 is 7.37. The van der Waals surface area contributed by atoms with Crippen molar-refractivity contribution in [2.45, 2.75) is 44.1 Å². The Morgan fingerprint density at radius 2 is 1.79 bits per heavy atom. The number of carboxylic acids is 1. The summed E-state index contributed by atoms with van der Waals surface area (Å²) in [6.45, 7) is 6.04. The lowest BCUT2D eigenvalue weighted by Gasteiger charge is -2.42. The van der Waals surface area contributed by atoms with Crippen LogP contribution in [0.3, 0.4) is 0 Å². The molecule has 0 spiro atoms. The van der Waals surface area contributed by atoms with Crippen LogP contribution in [0.1, 0.15) is 54.1 Å². The van der Waals surface area contributed by atoms with E-state index in [1.54, 1.807) is 6.07 Å². The topological polar surface area (TPSA) is 83.7 Å². The Morgan fingerprint density at radius 3 is 2.50 bits per heavy atom. The van der Waals surface area contributed by atoms with Gasteiger partial charge in [0.05, 0.1) is 18.9 Å². The lowest BCUT2D eigenvalue weighted by molar-refractivity contribution is 0.0115. The van der Waals surface area contributed by atoms with E-state index in [0.717, 1.165) is 50.5 Å². The largest absolute Gasteiger partial charge is 0.477 e. The second-order valence-corrected chi connectivity index (χ2v) is 9.73. The van der Waals surface area contributed by atoms with Crippen LogP contribution in [0.4, 0.5) is 5.69 Å². The van der Waals surface area contributed by atoms with Crippen LogP contribution in [0.15, 0.2) is 36.5 Å². The number of carbonyl (C=O) groups is 1. The van der Waals surface area contributed by atoms with Crippen LogP contribution in [0, 0.1) is 0 Å². The molecule has 178 valence electrons. The van der Waals surface area contributed by atoms with Gasteiger partial charge in [-0.05, 0) is 67.5 Å². The van der Waals surface area contributed by atoms with Gasteiger partial charge in [0.1, 0.15) is 0 Å². The van der Waals surface area contributed by atoms with Crippen molar-refractivity contribution in [3.05, 3.63) is 47.8 Å². The zero-order chi connectivity index (χ0) is 23.1. The highest BCUT2D eigenvalue weighted by molar-refractivity contribution is 5.88. The number of ether oxygens (including phenoxy) is 1. The highest BCUT2D eigenvalue weighted by Crippen LogP contribution is 2.42. The van der Waals surface area contributed by atoms with Crippen molar-refractivity contribution >= 4 is 22.7 Å². The molecule has 0 amide bonds. The molecule has 4 heterocycles. The predicted molar refractivity (Wildman–Crippen MR) is 130 cm³/mol. The number of anilines is 1. The Hall–Kier alpha value is -2.97. The summed E-state index contributed by atoms with van der Waals surface area (Å²) in [5, 5.41) is 14.7. The Balaban J connectivity index is 1.25. The molecule has 8 heteroatoms. The molecule has 2 saturated heterocycles. The van der Waals surface area contributed by atoms with Gasteiger partial charge >= 0.3 is 5.97 Å². The molecule has 3 aromatic rings. The van der Waals surface area contributed by atoms with Crippen molar-refractivity contribution in [3.63, 3.8) is 0 Å². The van der Waals surface area contributed by atoms with E-state index < -0.39 is 5.97 Å². The molecule has 3 aliphatic rings. The molecule has 0 bridgehead atoms. The quantitative estimate of drug-likeness (QED) is 0.620. The average molecular weight is 462 g/mol. The lowest BCUT2D eigenvalue weighted by Crippen LogP contribution is -2.49. The van der Waals surface area contributed by atoms with Crippen molar-refractivity contribution in [2.75, 3.05) is 44.3 Å². The molecular weight excluding hydrogens is 430 g/mol. The third-order valence-electron chi connectivity index (χ3n) is 7.78. The van der Waals surface area contributed by atoms with E-state index in [-0.39, 0.29) is 5.69 Å². The third-order valence-corrected chi connectivity index (χ3v) is 7.78. The summed E-state index contributed by atoms with van der Waals surface area (Å²) >= 11 is 0. The summed E-state index contributed by atoms with van der Waals surface area (Å²) in [6.07, 6.45) is 8.11. The third kappa shape index (κ3) is 4.05. The lowest BCUT2D eigenvalue weighted by atomic mass is 9.79. The maximum Gasteiger partial charge on any atom is 0.354 e. The normalized spacial score (nSPS) is 20.5. The highest BCUT2D eigenvalue weighted by Gasteiger charge is 2.29. The molecule has 3 fully saturated rings. The number of fused-ring (bicyclic) bond motifs is 1. The fraction of sp³-hybridized carbons (Fsp3) is 0.500. The van der Waals surface area contributed by atoms with Crippen LogP contribution in [0.5, 0.6) is 0 Å². The van der Waals surface area contributed by atoms with Crippen molar-refractivity contribution in [3.8, 4) is 5.69 Å². The molecule has 0 atom stereocenters. The summed E-state index contributed by atoms with van der Waals surface area (Å²) in [6, 6.07) is 10.7. The monoisotopic (exact) mass is 461 g/mol. The zero-order valence-corrected chi connectivity index (χ0v) is 19.4. The summed E-state index contributed by atoms with van der Waals surface area (Å²) in [5.41, 5.74) is 4.27. The smallest absolute Gasteiger partial charge is 0.354 e. The Kier molecular flexibility index (Phi) is 5.71. The SMILES string of the molecule is O=C(O)c1ccc2cn(-c3ccc(N4CCC(N5CCOCC5)CC4)c(C4CCC4)c3)nc2n1. The van der Waals surface area contributed by atoms with E-state index in [1.165, 1.54) is 49.4 Å². The van der Waals surface area contributed by atoms with Gasteiger partial charge in [0.2, 0.25) is 0 Å². The average Bonchev–Trinajstić information content (AvgIpc) is 3.27. The van der Waals surface area contributed by atoms with Crippen LogP contribution >= 0.6 is 0 Å². The van der Waals surface area contributed by atoms with Gasteiger partial charge < -0.3 is 14.7 Å². The fourth-order valence-electron chi connectivity index (χ4n) is 5.59. The minimum absolute atomic E-state index is 0.0173. The van der Waals surface area contributed by atoms with Gasteiger partial charge in [-0.25, -0.2) is 14.5 Å². The number of hydrogen-bond acceptors (Lipinski definition) is 6. The number of pyridine rings is 1. The van der Waals surface area contributed by atoms with E-state index in [9.17, 15) is 9.90 Å². The first-order valence-corrected chi connectivity index (χ1v) is 12.5. The first kappa shape index (κ1) is 21.6. The van der Waals surface area contributed by atoms with Crippen LogP contribution in [-0.4, -0.2) is 76.2 Å². The number of carboxylic acid groups (broad SMARTS) is 1. The standard InChI is InChI=1S/C26H31N5O3/c32-26(33)23-6-4-19-17-31(28-25(19)27-23)21-5-7-24(22(16-21)18-2-1-3-18)30-10-8-20(9-11-30)29-12-14-34-15-13-29/h4-7,16-18,20H,1-3,8-15H2,(H,32,33). The number of piperidine rings is 1. The van der Waals surface area contributed by atoms with Gasteiger partial charge in [-0.3, -0.25) is 4.90 Å². The van der Waals surface area contributed by atoms with Crippen molar-refractivity contribution in [1.29, 1.82) is 0 Å². The van der Waals surface area contributed by atoms with Crippen LogP contribution in [0.25, 0.3) is 16.7 Å². The number of rotatable bonds is 5. The maximum absolute atomic E-state index is 11.3. The molecule has 0 radical (unpaired) electrons. The molecule has 2 aromatic heterocycles. The van der Waals surface area contributed by atoms with E-state index >= 15 is 0 Å². The van der Waals surface area contributed by atoms with E-state index in [1.807, 2.05) is 10.9 Å². The number of morpholine rings is 1. The molecule has 2 aliphatic heterocycles. The van der Waals surface area contributed by atoms with E-state index in [4.69, 9.17) is 4.74 Å². The highest BCUT2D eigenvalue weighted by atomic mass is 16.5. The molecule has 1 aliphatic carbocycles.